The Kier molecular flexibility index (Phi) is 6.69. The van der Waals surface area contributed by atoms with Gasteiger partial charge in [0, 0.05) is 6.04 Å². The average Bonchev–Trinajstić information content (AvgIpc) is 2.30. The van der Waals surface area contributed by atoms with Crippen molar-refractivity contribution in [1.29, 1.82) is 0 Å². The van der Waals surface area contributed by atoms with Gasteiger partial charge in [-0.3, -0.25) is 0 Å². The summed E-state index contributed by atoms with van der Waals surface area (Å²) in [6.07, 6.45) is 3.50. The zero-order valence-corrected chi connectivity index (χ0v) is 10.6. The molecule has 0 spiro atoms. The van der Waals surface area contributed by atoms with Gasteiger partial charge in [0.1, 0.15) is 0 Å². The van der Waals surface area contributed by atoms with Crippen LogP contribution in [0.2, 0.25) is 0 Å². The SMILES string of the molecule is C=C(C)CCC(NCCC)C1COCCO1. The summed E-state index contributed by atoms with van der Waals surface area (Å²) in [6.45, 7) is 11.4. The molecule has 16 heavy (non-hydrogen) atoms. The van der Waals surface area contributed by atoms with Crippen molar-refractivity contribution in [3.63, 3.8) is 0 Å². The van der Waals surface area contributed by atoms with Crippen LogP contribution >= 0.6 is 0 Å². The molecule has 0 radical (unpaired) electrons. The first-order valence-electron chi connectivity index (χ1n) is 6.31. The Hall–Kier alpha value is -0.380. The van der Waals surface area contributed by atoms with Crippen molar-refractivity contribution in [3.8, 4) is 0 Å². The molecule has 1 aliphatic rings. The van der Waals surface area contributed by atoms with Gasteiger partial charge in [-0.25, -0.2) is 0 Å². The zero-order valence-electron chi connectivity index (χ0n) is 10.6. The Morgan fingerprint density at radius 2 is 2.31 bits per heavy atom. The minimum absolute atomic E-state index is 0.208. The first-order chi connectivity index (χ1) is 7.74. The highest BCUT2D eigenvalue weighted by Crippen LogP contribution is 2.13. The number of nitrogens with one attached hydrogen (secondary N) is 1. The maximum absolute atomic E-state index is 5.75. The molecule has 0 bridgehead atoms. The standard InChI is InChI=1S/C13H25NO2/c1-4-7-14-12(6-5-11(2)3)13-10-15-8-9-16-13/h12-14H,2,4-10H2,1,3H3. The van der Waals surface area contributed by atoms with Crippen LogP contribution in [0.5, 0.6) is 0 Å². The lowest BCUT2D eigenvalue weighted by atomic mass is 10.0. The Labute approximate surface area is 99.2 Å². The van der Waals surface area contributed by atoms with Crippen LogP contribution < -0.4 is 5.32 Å². The van der Waals surface area contributed by atoms with E-state index in [9.17, 15) is 0 Å². The van der Waals surface area contributed by atoms with E-state index in [0.717, 1.165) is 45.6 Å². The summed E-state index contributed by atoms with van der Waals surface area (Å²) < 4.78 is 11.2. The van der Waals surface area contributed by atoms with Gasteiger partial charge in [-0.15, -0.1) is 6.58 Å². The zero-order chi connectivity index (χ0) is 11.8. The van der Waals surface area contributed by atoms with Crippen LogP contribution in [-0.2, 0) is 9.47 Å². The second-order valence-electron chi connectivity index (χ2n) is 4.54. The number of hydrogen-bond acceptors (Lipinski definition) is 3. The lowest BCUT2D eigenvalue weighted by Gasteiger charge is -2.31. The normalized spacial score (nSPS) is 23.0. The van der Waals surface area contributed by atoms with Crippen molar-refractivity contribution in [2.45, 2.75) is 45.3 Å². The molecule has 94 valence electrons. The lowest BCUT2D eigenvalue weighted by Crippen LogP contribution is -2.46. The molecule has 0 amide bonds. The van der Waals surface area contributed by atoms with Gasteiger partial charge in [0.15, 0.2) is 0 Å². The fraction of sp³-hybridized carbons (Fsp3) is 0.846. The molecule has 1 saturated heterocycles. The van der Waals surface area contributed by atoms with Crippen molar-refractivity contribution in [2.75, 3.05) is 26.4 Å². The second-order valence-corrected chi connectivity index (χ2v) is 4.54. The fourth-order valence-corrected chi connectivity index (χ4v) is 1.89. The van der Waals surface area contributed by atoms with E-state index < -0.39 is 0 Å². The highest BCUT2D eigenvalue weighted by atomic mass is 16.6. The van der Waals surface area contributed by atoms with Gasteiger partial charge in [-0.05, 0) is 32.7 Å². The van der Waals surface area contributed by atoms with Crippen molar-refractivity contribution in [1.82, 2.24) is 5.32 Å². The third kappa shape index (κ3) is 5.10. The van der Waals surface area contributed by atoms with Gasteiger partial charge >= 0.3 is 0 Å². The largest absolute Gasteiger partial charge is 0.376 e. The third-order valence-corrected chi connectivity index (χ3v) is 2.83. The van der Waals surface area contributed by atoms with Crippen LogP contribution in [0.3, 0.4) is 0 Å². The van der Waals surface area contributed by atoms with Crippen LogP contribution in [0.1, 0.15) is 33.1 Å². The summed E-state index contributed by atoms with van der Waals surface area (Å²) >= 11 is 0. The monoisotopic (exact) mass is 227 g/mol. The Balaban J connectivity index is 2.37. The van der Waals surface area contributed by atoms with Crippen molar-refractivity contribution in [3.05, 3.63) is 12.2 Å². The molecule has 1 rings (SSSR count). The summed E-state index contributed by atoms with van der Waals surface area (Å²) in [6, 6.07) is 0.400. The van der Waals surface area contributed by atoms with Crippen LogP contribution in [-0.4, -0.2) is 38.5 Å². The molecule has 0 aromatic carbocycles. The molecule has 0 aliphatic carbocycles. The molecule has 1 aliphatic heterocycles. The summed E-state index contributed by atoms with van der Waals surface area (Å²) in [4.78, 5) is 0. The van der Waals surface area contributed by atoms with E-state index in [4.69, 9.17) is 9.47 Å². The van der Waals surface area contributed by atoms with Gasteiger partial charge in [-0.2, -0.15) is 0 Å². The van der Waals surface area contributed by atoms with E-state index in [1.165, 1.54) is 5.57 Å². The van der Waals surface area contributed by atoms with Gasteiger partial charge in [0.2, 0.25) is 0 Å². The first kappa shape index (κ1) is 13.7. The molecule has 3 nitrogen and oxygen atoms in total. The van der Waals surface area contributed by atoms with Crippen LogP contribution in [0.4, 0.5) is 0 Å². The van der Waals surface area contributed by atoms with Gasteiger partial charge in [0.25, 0.3) is 0 Å². The molecule has 3 heteroatoms. The molecule has 2 atom stereocenters. The molecule has 1 N–H and O–H groups in total. The predicted molar refractivity (Wildman–Crippen MR) is 66.7 cm³/mol. The maximum atomic E-state index is 5.75. The van der Waals surface area contributed by atoms with E-state index in [2.05, 4.69) is 25.7 Å². The topological polar surface area (TPSA) is 30.5 Å². The average molecular weight is 227 g/mol. The molecule has 0 aromatic rings. The van der Waals surface area contributed by atoms with Crippen LogP contribution in [0, 0.1) is 0 Å². The Bertz CT molecular complexity index is 200. The fourth-order valence-electron chi connectivity index (χ4n) is 1.89. The Morgan fingerprint density at radius 3 is 2.88 bits per heavy atom. The molecule has 2 unspecified atom stereocenters. The summed E-state index contributed by atoms with van der Waals surface area (Å²) in [5.74, 6) is 0. The lowest BCUT2D eigenvalue weighted by molar-refractivity contribution is -0.102. The molecular formula is C13H25NO2. The van der Waals surface area contributed by atoms with Crippen molar-refractivity contribution in [2.24, 2.45) is 0 Å². The highest BCUT2D eigenvalue weighted by Gasteiger charge is 2.24. The van der Waals surface area contributed by atoms with Crippen LogP contribution in [0.25, 0.3) is 0 Å². The number of allylic oxidation sites excluding steroid dienone is 1. The van der Waals surface area contributed by atoms with Crippen molar-refractivity contribution < 1.29 is 9.47 Å². The van der Waals surface area contributed by atoms with E-state index >= 15 is 0 Å². The summed E-state index contributed by atoms with van der Waals surface area (Å²) in [5.41, 5.74) is 1.24. The maximum Gasteiger partial charge on any atom is 0.0962 e. The van der Waals surface area contributed by atoms with Gasteiger partial charge < -0.3 is 14.8 Å². The molecule has 1 fully saturated rings. The number of hydrogen-bond donors (Lipinski definition) is 1. The molecule has 0 aromatic heterocycles. The third-order valence-electron chi connectivity index (χ3n) is 2.83. The minimum Gasteiger partial charge on any atom is -0.376 e. The van der Waals surface area contributed by atoms with Gasteiger partial charge in [0.05, 0.1) is 25.9 Å². The van der Waals surface area contributed by atoms with Crippen LogP contribution in [0.15, 0.2) is 12.2 Å². The second kappa shape index (κ2) is 7.82. The van der Waals surface area contributed by atoms with Gasteiger partial charge in [-0.1, -0.05) is 12.5 Å². The smallest absolute Gasteiger partial charge is 0.0962 e. The first-order valence-corrected chi connectivity index (χ1v) is 6.31. The molecular weight excluding hydrogens is 202 g/mol. The quantitative estimate of drug-likeness (QED) is 0.676. The summed E-state index contributed by atoms with van der Waals surface area (Å²) in [5, 5.41) is 3.55. The molecule has 0 saturated carbocycles. The van der Waals surface area contributed by atoms with E-state index in [-0.39, 0.29) is 6.10 Å². The van der Waals surface area contributed by atoms with Crippen molar-refractivity contribution >= 4 is 0 Å². The molecule has 1 heterocycles. The minimum atomic E-state index is 0.208. The van der Waals surface area contributed by atoms with E-state index in [1.807, 2.05) is 0 Å². The predicted octanol–water partition coefficient (Wildman–Crippen LogP) is 2.13. The van der Waals surface area contributed by atoms with E-state index in [0.29, 0.717) is 6.04 Å². The Morgan fingerprint density at radius 1 is 1.50 bits per heavy atom. The van der Waals surface area contributed by atoms with E-state index in [1.54, 1.807) is 0 Å². The summed E-state index contributed by atoms with van der Waals surface area (Å²) in [7, 11) is 0. The number of ether oxygens (including phenoxy) is 2. The number of rotatable bonds is 7. The highest BCUT2D eigenvalue weighted by molar-refractivity contribution is 4.91.